The van der Waals surface area contributed by atoms with Gasteiger partial charge in [0.1, 0.15) is 21.9 Å². The Balaban J connectivity index is 0.000000380. The quantitative estimate of drug-likeness (QED) is 0.132. The predicted molar refractivity (Wildman–Crippen MR) is 220 cm³/mol. The van der Waals surface area contributed by atoms with Crippen LogP contribution in [-0.4, -0.2) is 71.5 Å². The van der Waals surface area contributed by atoms with Gasteiger partial charge in [-0.15, -0.1) is 0 Å². The van der Waals surface area contributed by atoms with Gasteiger partial charge in [-0.05, 0) is 61.7 Å². The first-order valence-corrected chi connectivity index (χ1v) is 18.9. The summed E-state index contributed by atoms with van der Waals surface area (Å²) in [6.07, 6.45) is 3.06. The summed E-state index contributed by atoms with van der Waals surface area (Å²) in [4.78, 5) is 58.9. The van der Waals surface area contributed by atoms with E-state index in [0.29, 0.717) is 42.2 Å². The number of nitrogens with zero attached hydrogens (tertiary/aromatic N) is 8. The molecule has 1 aliphatic heterocycles. The fourth-order valence-electron chi connectivity index (χ4n) is 6.85. The molecule has 1 aliphatic rings. The van der Waals surface area contributed by atoms with Gasteiger partial charge < -0.3 is 20.1 Å². The highest BCUT2D eigenvalue weighted by atomic mass is 35.5. The van der Waals surface area contributed by atoms with Gasteiger partial charge in [-0.25, -0.2) is 28.7 Å². The standard InChI is InChI=1S/C33H33ClFN7O2.C6H3Cl3N2O/c1-7-26(43)40-12-13-41(20(5)16-40)31-22-15-23(34)28(21-10-8-9-11-24(21)35)37-32(22)42(33(44)38-31)30-19(4)14-25-29(27(30)18(2)3)36-17-39(25)6;7-3-1-2(6(10)12)4(8)11-5(3)9/h7-11,14-15,17-18,20H,1,12-13,16H2,2-6H3;1H,(H2,10,12)/t20-;/m0./s1. The van der Waals surface area contributed by atoms with Crippen molar-refractivity contribution in [3.63, 3.8) is 0 Å². The number of carbonyl (C=O) groups excluding carboxylic acids is 2. The van der Waals surface area contributed by atoms with E-state index < -0.39 is 17.4 Å². The number of halogens is 5. The molecule has 0 saturated carbocycles. The van der Waals surface area contributed by atoms with Crippen LogP contribution in [0.2, 0.25) is 20.4 Å². The first-order chi connectivity index (χ1) is 26.5. The summed E-state index contributed by atoms with van der Waals surface area (Å²) in [6, 6.07) is 11.1. The number of fused-ring (bicyclic) bond motifs is 2. The lowest BCUT2D eigenvalue weighted by Gasteiger charge is -2.40. The van der Waals surface area contributed by atoms with Crippen molar-refractivity contribution in [2.24, 2.45) is 12.8 Å². The smallest absolute Gasteiger partial charge is 0.355 e. The number of amides is 2. The topological polar surface area (TPSA) is 145 Å². The van der Waals surface area contributed by atoms with Crippen LogP contribution >= 0.6 is 46.4 Å². The van der Waals surface area contributed by atoms with Crippen molar-refractivity contribution in [3.8, 4) is 16.9 Å². The number of benzene rings is 2. The molecule has 1 saturated heterocycles. The lowest BCUT2D eigenvalue weighted by atomic mass is 9.95. The van der Waals surface area contributed by atoms with Crippen LogP contribution in [0.5, 0.6) is 0 Å². The van der Waals surface area contributed by atoms with Crippen molar-refractivity contribution in [2.75, 3.05) is 24.5 Å². The van der Waals surface area contributed by atoms with Gasteiger partial charge >= 0.3 is 5.69 Å². The number of nitrogens with two attached hydrogens (primary N) is 1. The van der Waals surface area contributed by atoms with E-state index in [0.717, 1.165) is 22.2 Å². The number of carbonyl (C=O) groups is 2. The second-order valence-corrected chi connectivity index (χ2v) is 15.1. The van der Waals surface area contributed by atoms with E-state index in [2.05, 4.69) is 35.4 Å². The van der Waals surface area contributed by atoms with Crippen molar-refractivity contribution in [1.29, 1.82) is 0 Å². The Hall–Kier alpha value is -5.08. The molecule has 0 unspecified atom stereocenters. The Labute approximate surface area is 341 Å². The fourth-order valence-corrected chi connectivity index (χ4v) is 7.67. The zero-order valence-corrected chi connectivity index (χ0v) is 34.0. The van der Waals surface area contributed by atoms with Gasteiger partial charge in [0.05, 0.1) is 49.7 Å². The second-order valence-electron chi connectivity index (χ2n) is 13.6. The van der Waals surface area contributed by atoms with Crippen molar-refractivity contribution in [3.05, 3.63) is 115 Å². The summed E-state index contributed by atoms with van der Waals surface area (Å²) in [5.74, 6) is -0.902. The number of pyridine rings is 2. The van der Waals surface area contributed by atoms with Crippen LogP contribution in [-0.2, 0) is 11.8 Å². The third-order valence-electron chi connectivity index (χ3n) is 9.49. The first-order valence-electron chi connectivity index (χ1n) is 17.4. The molecule has 4 aromatic heterocycles. The van der Waals surface area contributed by atoms with Gasteiger partial charge in [0, 0.05) is 43.9 Å². The van der Waals surface area contributed by atoms with Crippen LogP contribution in [0, 0.1) is 12.7 Å². The van der Waals surface area contributed by atoms with Crippen molar-refractivity contribution < 1.29 is 14.0 Å². The minimum absolute atomic E-state index is 0.00207. The van der Waals surface area contributed by atoms with Gasteiger partial charge in [0.25, 0.3) is 5.91 Å². The number of rotatable bonds is 6. The largest absolute Gasteiger partial charge is 0.366 e. The Bertz CT molecular complexity index is 2630. The maximum Gasteiger partial charge on any atom is 0.355 e. The van der Waals surface area contributed by atoms with Gasteiger partial charge in [0.2, 0.25) is 5.91 Å². The molecule has 1 atom stereocenters. The molecule has 0 radical (unpaired) electrons. The Morgan fingerprint density at radius 3 is 2.38 bits per heavy atom. The Morgan fingerprint density at radius 2 is 1.73 bits per heavy atom. The normalized spacial score (nSPS) is 14.3. The van der Waals surface area contributed by atoms with E-state index >= 15 is 4.39 Å². The van der Waals surface area contributed by atoms with Crippen LogP contribution in [0.1, 0.15) is 48.2 Å². The summed E-state index contributed by atoms with van der Waals surface area (Å²) in [6.45, 7) is 12.9. The molecule has 6 aromatic rings. The van der Waals surface area contributed by atoms with Crippen molar-refractivity contribution in [1.82, 2.24) is 34.0 Å². The lowest BCUT2D eigenvalue weighted by molar-refractivity contribution is -0.126. The number of primary amides is 1. The zero-order chi connectivity index (χ0) is 40.7. The monoisotopic (exact) mass is 837 g/mol. The van der Waals surface area contributed by atoms with Crippen molar-refractivity contribution >= 4 is 86.1 Å². The number of piperazine rings is 1. The fraction of sp³-hybridized carbons (Fsp3) is 0.256. The number of imidazole rings is 1. The molecule has 2 aromatic carbocycles. The maximum atomic E-state index is 15.1. The van der Waals surface area contributed by atoms with Gasteiger partial charge in [-0.1, -0.05) is 79.0 Å². The number of aromatic nitrogens is 6. The molecule has 7 rings (SSSR count). The molecule has 0 spiro atoms. The molecule has 2 N–H and O–H groups in total. The van der Waals surface area contributed by atoms with Crippen LogP contribution < -0.4 is 16.3 Å². The van der Waals surface area contributed by atoms with Crippen LogP contribution in [0.3, 0.4) is 0 Å². The van der Waals surface area contributed by atoms with E-state index in [1.165, 1.54) is 22.8 Å². The van der Waals surface area contributed by atoms with Crippen LogP contribution in [0.4, 0.5) is 10.2 Å². The van der Waals surface area contributed by atoms with E-state index in [1.54, 1.807) is 35.5 Å². The second kappa shape index (κ2) is 16.2. The molecular formula is C39H36Cl4FN9O3. The summed E-state index contributed by atoms with van der Waals surface area (Å²) in [5.41, 5.74) is 9.35. The predicted octanol–water partition coefficient (Wildman–Crippen LogP) is 7.92. The van der Waals surface area contributed by atoms with Gasteiger partial charge in [-0.3, -0.25) is 9.59 Å². The average molecular weight is 840 g/mol. The molecule has 56 heavy (non-hydrogen) atoms. The third-order valence-corrected chi connectivity index (χ3v) is 10.7. The summed E-state index contributed by atoms with van der Waals surface area (Å²) < 4.78 is 18.5. The molecule has 1 fully saturated rings. The lowest BCUT2D eigenvalue weighted by Crippen LogP contribution is -2.54. The van der Waals surface area contributed by atoms with E-state index in [-0.39, 0.29) is 55.0 Å². The van der Waals surface area contributed by atoms with E-state index in [1.807, 2.05) is 36.4 Å². The van der Waals surface area contributed by atoms with Gasteiger partial charge in [-0.2, -0.15) is 4.98 Å². The molecule has 0 aliphatic carbocycles. The highest BCUT2D eigenvalue weighted by Gasteiger charge is 2.31. The molecular weight excluding hydrogens is 803 g/mol. The SMILES string of the molecule is C=CC(=O)N1CCN(c2nc(=O)n(-c3c(C)cc4c(ncn4C)c3C(C)C)c3nc(-c4ccccc4F)c(Cl)cc23)[C@@H](C)C1.NC(=O)c1cc(Cl)c(Cl)nc1Cl. The maximum absolute atomic E-state index is 15.1. The summed E-state index contributed by atoms with van der Waals surface area (Å²) in [7, 11) is 1.93. The number of aryl methyl sites for hydroxylation is 2. The molecule has 5 heterocycles. The van der Waals surface area contributed by atoms with E-state index in [9.17, 15) is 14.4 Å². The molecule has 0 bridgehead atoms. The summed E-state index contributed by atoms with van der Waals surface area (Å²) in [5, 5.41) is 0.920. The first kappa shape index (κ1) is 40.6. The average Bonchev–Trinajstić information content (AvgIpc) is 3.51. The summed E-state index contributed by atoms with van der Waals surface area (Å²) >= 11 is 23.5. The minimum Gasteiger partial charge on any atom is -0.366 e. The Morgan fingerprint density at radius 1 is 1.02 bits per heavy atom. The molecule has 290 valence electrons. The van der Waals surface area contributed by atoms with Crippen LogP contribution in [0.25, 0.3) is 39.0 Å². The van der Waals surface area contributed by atoms with Crippen LogP contribution in [0.15, 0.2) is 66.2 Å². The number of hydrogen-bond acceptors (Lipinski definition) is 8. The number of hydrogen-bond donors (Lipinski definition) is 1. The highest BCUT2D eigenvalue weighted by Crippen LogP contribution is 2.38. The van der Waals surface area contributed by atoms with E-state index in [4.69, 9.17) is 57.1 Å². The van der Waals surface area contributed by atoms with Crippen molar-refractivity contribution in [2.45, 2.75) is 39.7 Å². The minimum atomic E-state index is -0.689. The van der Waals surface area contributed by atoms with Gasteiger partial charge in [0.15, 0.2) is 5.65 Å². The Kier molecular flexibility index (Phi) is 11.7. The molecule has 17 heteroatoms. The number of anilines is 1. The highest BCUT2D eigenvalue weighted by molar-refractivity contribution is 6.42. The third kappa shape index (κ3) is 7.56. The molecule has 12 nitrogen and oxygen atoms in total. The zero-order valence-electron chi connectivity index (χ0n) is 30.9. The molecule has 2 amide bonds.